The minimum Gasteiger partial charge on any atom is -0.492 e. The fourth-order valence-electron chi connectivity index (χ4n) is 2.88. The molecule has 6 nitrogen and oxygen atoms in total. The van der Waals surface area contributed by atoms with Gasteiger partial charge in [0.15, 0.2) is 0 Å². The highest BCUT2D eigenvalue weighted by atomic mass is 16.6. The molecular weight excluding hydrogens is 284 g/mol. The molecule has 22 heavy (non-hydrogen) atoms. The first kappa shape index (κ1) is 15.2. The highest BCUT2D eigenvalue weighted by Gasteiger charge is 2.26. The van der Waals surface area contributed by atoms with Gasteiger partial charge in [-0.1, -0.05) is 0 Å². The number of aliphatic hydroxyl groups is 1. The van der Waals surface area contributed by atoms with Gasteiger partial charge in [0.2, 0.25) is 0 Å². The van der Waals surface area contributed by atoms with E-state index in [1.54, 1.807) is 6.07 Å². The second kappa shape index (κ2) is 6.62. The third-order valence-corrected chi connectivity index (χ3v) is 4.41. The number of piperidine rings is 1. The van der Waals surface area contributed by atoms with E-state index in [4.69, 9.17) is 4.74 Å². The average Bonchev–Trinajstić information content (AvgIpc) is 3.34. The summed E-state index contributed by atoms with van der Waals surface area (Å²) in [6.45, 7) is 3.06. The third kappa shape index (κ3) is 3.96. The summed E-state index contributed by atoms with van der Waals surface area (Å²) >= 11 is 0. The lowest BCUT2D eigenvalue weighted by molar-refractivity contribution is -0.385. The Morgan fingerprint density at radius 2 is 1.95 bits per heavy atom. The average molecular weight is 306 g/mol. The van der Waals surface area contributed by atoms with Gasteiger partial charge in [0, 0.05) is 25.7 Å². The summed E-state index contributed by atoms with van der Waals surface area (Å²) in [6, 6.07) is 5.10. The van der Waals surface area contributed by atoms with E-state index in [-0.39, 0.29) is 16.7 Å². The van der Waals surface area contributed by atoms with Crippen LogP contribution in [0.2, 0.25) is 0 Å². The van der Waals surface area contributed by atoms with Crippen LogP contribution < -0.4 is 4.74 Å². The Bertz CT molecular complexity index is 537. The number of nitro benzene ring substituents is 1. The molecule has 1 aromatic carbocycles. The topological polar surface area (TPSA) is 75.8 Å². The molecule has 1 heterocycles. The molecule has 0 aromatic heterocycles. The molecule has 1 N–H and O–H groups in total. The van der Waals surface area contributed by atoms with E-state index in [1.165, 1.54) is 6.07 Å². The predicted octanol–water partition coefficient (Wildman–Crippen LogP) is 2.31. The summed E-state index contributed by atoms with van der Waals surface area (Å²) in [5.41, 5.74) is 1.13. The van der Waals surface area contributed by atoms with Crippen LogP contribution in [0.3, 0.4) is 0 Å². The van der Waals surface area contributed by atoms with Crippen LogP contribution >= 0.6 is 0 Å². The molecule has 1 aliphatic carbocycles. The van der Waals surface area contributed by atoms with Gasteiger partial charge in [0.05, 0.1) is 17.1 Å². The van der Waals surface area contributed by atoms with Gasteiger partial charge < -0.3 is 9.84 Å². The van der Waals surface area contributed by atoms with Crippen LogP contribution in [-0.2, 0) is 0 Å². The lowest BCUT2D eigenvalue weighted by Crippen LogP contribution is -2.38. The van der Waals surface area contributed by atoms with Crippen LogP contribution in [0, 0.1) is 10.1 Å². The van der Waals surface area contributed by atoms with E-state index >= 15 is 0 Å². The lowest BCUT2D eigenvalue weighted by Gasteiger charge is -2.29. The first-order valence-electron chi connectivity index (χ1n) is 7.94. The molecule has 0 radical (unpaired) electrons. The molecule has 6 heteroatoms. The van der Waals surface area contributed by atoms with Crippen molar-refractivity contribution in [2.24, 2.45) is 0 Å². The van der Waals surface area contributed by atoms with Crippen molar-refractivity contribution in [2.75, 3.05) is 26.2 Å². The molecule has 3 rings (SSSR count). The van der Waals surface area contributed by atoms with Gasteiger partial charge in [-0.05, 0) is 43.2 Å². The maximum atomic E-state index is 11.0. The van der Waals surface area contributed by atoms with E-state index in [2.05, 4.69) is 4.90 Å². The number of nitro groups is 1. The zero-order valence-corrected chi connectivity index (χ0v) is 12.6. The SMILES string of the molecule is O=[N+]([O-])c1cc(OCCN2CCC(O)CC2)cc(C2CC2)c1. The monoisotopic (exact) mass is 306 g/mol. The van der Waals surface area contributed by atoms with Crippen LogP contribution in [-0.4, -0.2) is 47.3 Å². The van der Waals surface area contributed by atoms with Crippen LogP contribution in [0.1, 0.15) is 37.2 Å². The van der Waals surface area contributed by atoms with E-state index < -0.39 is 0 Å². The lowest BCUT2D eigenvalue weighted by atomic mass is 10.1. The molecule has 2 fully saturated rings. The Morgan fingerprint density at radius 1 is 1.23 bits per heavy atom. The molecule has 0 amide bonds. The molecule has 1 aliphatic heterocycles. The number of aliphatic hydroxyl groups excluding tert-OH is 1. The van der Waals surface area contributed by atoms with Gasteiger partial charge in [0.1, 0.15) is 12.4 Å². The Kier molecular flexibility index (Phi) is 4.59. The second-order valence-corrected chi connectivity index (χ2v) is 6.21. The van der Waals surface area contributed by atoms with Crippen molar-refractivity contribution < 1.29 is 14.8 Å². The number of ether oxygens (including phenoxy) is 1. The summed E-state index contributed by atoms with van der Waals surface area (Å²) in [6.07, 6.45) is 3.66. The van der Waals surface area contributed by atoms with Gasteiger partial charge in [-0.3, -0.25) is 15.0 Å². The highest BCUT2D eigenvalue weighted by molar-refractivity contribution is 5.45. The highest BCUT2D eigenvalue weighted by Crippen LogP contribution is 2.42. The fraction of sp³-hybridized carbons (Fsp3) is 0.625. The molecule has 0 bridgehead atoms. The number of nitrogens with zero attached hydrogens (tertiary/aromatic N) is 2. The first-order valence-corrected chi connectivity index (χ1v) is 7.94. The molecule has 1 aromatic rings. The molecule has 1 saturated heterocycles. The molecule has 0 atom stereocenters. The minimum atomic E-state index is -0.356. The van der Waals surface area contributed by atoms with Crippen molar-refractivity contribution in [1.29, 1.82) is 0 Å². The fourth-order valence-corrected chi connectivity index (χ4v) is 2.88. The summed E-state index contributed by atoms with van der Waals surface area (Å²) in [5, 5.41) is 20.5. The number of rotatable bonds is 6. The Balaban J connectivity index is 1.56. The van der Waals surface area contributed by atoms with Crippen molar-refractivity contribution in [2.45, 2.75) is 37.7 Å². The van der Waals surface area contributed by atoms with Crippen molar-refractivity contribution in [3.8, 4) is 5.75 Å². The van der Waals surface area contributed by atoms with E-state index in [0.29, 0.717) is 18.3 Å². The molecule has 120 valence electrons. The van der Waals surface area contributed by atoms with Crippen LogP contribution in [0.5, 0.6) is 5.75 Å². The van der Waals surface area contributed by atoms with Crippen molar-refractivity contribution in [1.82, 2.24) is 4.90 Å². The molecule has 0 unspecified atom stereocenters. The molecule has 1 saturated carbocycles. The normalized spacial score (nSPS) is 20.0. The van der Waals surface area contributed by atoms with Gasteiger partial charge in [0.25, 0.3) is 5.69 Å². The second-order valence-electron chi connectivity index (χ2n) is 6.21. The molecule has 0 spiro atoms. The van der Waals surface area contributed by atoms with Crippen LogP contribution in [0.25, 0.3) is 0 Å². The number of hydrogen-bond acceptors (Lipinski definition) is 5. The number of non-ortho nitro benzene ring substituents is 1. The zero-order valence-electron chi connectivity index (χ0n) is 12.6. The number of hydrogen-bond donors (Lipinski definition) is 1. The van der Waals surface area contributed by atoms with E-state index in [0.717, 1.165) is 50.9 Å². The predicted molar refractivity (Wildman–Crippen MR) is 82.2 cm³/mol. The summed E-state index contributed by atoms with van der Waals surface area (Å²) in [5.74, 6) is 1.05. The zero-order chi connectivity index (χ0) is 15.5. The van der Waals surface area contributed by atoms with Gasteiger partial charge >= 0.3 is 0 Å². The third-order valence-electron chi connectivity index (χ3n) is 4.41. The standard InChI is InChI=1S/C16H22N2O4/c19-15-3-5-17(6-4-15)7-8-22-16-10-13(12-1-2-12)9-14(11-16)18(20)21/h9-12,15,19H,1-8H2. The maximum Gasteiger partial charge on any atom is 0.273 e. The van der Waals surface area contributed by atoms with E-state index in [9.17, 15) is 15.2 Å². The quantitative estimate of drug-likeness (QED) is 0.644. The van der Waals surface area contributed by atoms with Gasteiger partial charge in [-0.25, -0.2) is 0 Å². The minimum absolute atomic E-state index is 0.112. The first-order chi connectivity index (χ1) is 10.6. The Hall–Kier alpha value is -1.66. The summed E-state index contributed by atoms with van der Waals surface area (Å²) in [4.78, 5) is 12.9. The van der Waals surface area contributed by atoms with E-state index in [1.807, 2.05) is 6.07 Å². The largest absolute Gasteiger partial charge is 0.492 e. The van der Waals surface area contributed by atoms with Crippen molar-refractivity contribution in [3.63, 3.8) is 0 Å². The van der Waals surface area contributed by atoms with Crippen molar-refractivity contribution in [3.05, 3.63) is 33.9 Å². The molecular formula is C16H22N2O4. The van der Waals surface area contributed by atoms with Gasteiger partial charge in [-0.15, -0.1) is 0 Å². The summed E-state index contributed by atoms with van der Waals surface area (Å²) in [7, 11) is 0. The summed E-state index contributed by atoms with van der Waals surface area (Å²) < 4.78 is 5.74. The number of likely N-dealkylation sites (tertiary alicyclic amines) is 1. The van der Waals surface area contributed by atoms with Crippen LogP contribution in [0.15, 0.2) is 18.2 Å². The van der Waals surface area contributed by atoms with Crippen molar-refractivity contribution >= 4 is 5.69 Å². The Labute approximate surface area is 129 Å². The smallest absolute Gasteiger partial charge is 0.273 e. The maximum absolute atomic E-state index is 11.0. The molecule has 2 aliphatic rings. The number of benzene rings is 1. The Morgan fingerprint density at radius 3 is 2.59 bits per heavy atom. The van der Waals surface area contributed by atoms with Gasteiger partial charge in [-0.2, -0.15) is 0 Å². The van der Waals surface area contributed by atoms with Crippen LogP contribution in [0.4, 0.5) is 5.69 Å².